The Morgan fingerprint density at radius 3 is 2.81 bits per heavy atom. The van der Waals surface area contributed by atoms with Gasteiger partial charge in [-0.25, -0.2) is 4.98 Å². The predicted molar refractivity (Wildman–Crippen MR) is 105 cm³/mol. The Labute approximate surface area is 163 Å². The van der Waals surface area contributed by atoms with Crippen molar-refractivity contribution in [3.05, 3.63) is 41.1 Å². The maximum atomic E-state index is 6.27. The third-order valence-electron chi connectivity index (χ3n) is 7.21. The van der Waals surface area contributed by atoms with Gasteiger partial charge in [-0.1, -0.05) is 29.8 Å². The molecule has 0 N–H and O–H groups in total. The van der Waals surface area contributed by atoms with Crippen molar-refractivity contribution in [3.63, 3.8) is 0 Å². The topological polar surface area (TPSA) is 51.8 Å². The van der Waals surface area contributed by atoms with E-state index in [0.29, 0.717) is 5.89 Å². The third kappa shape index (κ3) is 2.44. The molecule has 3 saturated carbocycles. The number of aryl methyl sites for hydroxylation is 1. The quantitative estimate of drug-likeness (QED) is 0.593. The maximum absolute atomic E-state index is 6.27. The van der Waals surface area contributed by atoms with Crippen LogP contribution in [0.5, 0.6) is 0 Å². The van der Waals surface area contributed by atoms with Gasteiger partial charge in [-0.2, -0.15) is 0 Å². The monoisotopic (exact) mass is 377 g/mol. The van der Waals surface area contributed by atoms with Crippen LogP contribution in [0.3, 0.4) is 0 Å². The highest BCUT2D eigenvalue weighted by Crippen LogP contribution is 2.62. The molecular formula is C22H23N3OS. The highest BCUT2D eigenvalue weighted by atomic mass is 32.1. The molecule has 3 fully saturated rings. The standard InChI is InChI=1S/C22H23N3OS/c1-13-2-4-16(5-3-13)20-23-18(12-27-20)19-24-25-21(26-19)22-7-6-14-8-15(11-22)10-17(22)9-14/h2-5,12,14-15,17H,6-11H2,1H3. The molecular weight excluding hydrogens is 354 g/mol. The van der Waals surface area contributed by atoms with Gasteiger partial charge in [0.1, 0.15) is 10.7 Å². The lowest BCUT2D eigenvalue weighted by Gasteiger charge is -2.40. The van der Waals surface area contributed by atoms with Crippen molar-refractivity contribution in [2.45, 2.75) is 50.9 Å². The number of thiazole rings is 1. The van der Waals surface area contributed by atoms with Gasteiger partial charge in [-0.05, 0) is 63.2 Å². The van der Waals surface area contributed by atoms with Crippen LogP contribution in [0.15, 0.2) is 34.1 Å². The molecule has 3 aliphatic rings. The lowest BCUT2D eigenvalue weighted by atomic mass is 9.64. The molecule has 3 aliphatic carbocycles. The summed E-state index contributed by atoms with van der Waals surface area (Å²) in [6.07, 6.45) is 7.96. The zero-order valence-electron chi connectivity index (χ0n) is 15.5. The molecule has 3 aromatic rings. The first-order chi connectivity index (χ1) is 13.2. The van der Waals surface area contributed by atoms with Gasteiger partial charge in [-0.15, -0.1) is 21.5 Å². The van der Waals surface area contributed by atoms with Gasteiger partial charge < -0.3 is 4.42 Å². The average Bonchev–Trinajstić information content (AvgIpc) is 3.37. The van der Waals surface area contributed by atoms with Gasteiger partial charge in [0.05, 0.1) is 5.41 Å². The third-order valence-corrected chi connectivity index (χ3v) is 8.10. The van der Waals surface area contributed by atoms with Crippen molar-refractivity contribution in [3.8, 4) is 22.2 Å². The smallest absolute Gasteiger partial charge is 0.267 e. The Bertz CT molecular complexity index is 991. The summed E-state index contributed by atoms with van der Waals surface area (Å²) >= 11 is 1.63. The van der Waals surface area contributed by atoms with E-state index < -0.39 is 0 Å². The van der Waals surface area contributed by atoms with E-state index in [1.54, 1.807) is 11.3 Å². The minimum absolute atomic E-state index is 0.152. The lowest BCUT2D eigenvalue weighted by Crippen LogP contribution is -2.36. The molecule has 5 heteroatoms. The molecule has 0 aliphatic heterocycles. The first kappa shape index (κ1) is 16.0. The Morgan fingerprint density at radius 2 is 1.93 bits per heavy atom. The predicted octanol–water partition coefficient (Wildman–Crippen LogP) is 5.64. The fraction of sp³-hybridized carbons (Fsp3) is 0.500. The van der Waals surface area contributed by atoms with Crippen LogP contribution in [0.1, 0.15) is 50.0 Å². The average molecular weight is 378 g/mol. The SMILES string of the molecule is Cc1ccc(-c2nc(-c3nnc(C45CCC6CC(CC4C6)C5)o3)cs2)cc1. The summed E-state index contributed by atoms with van der Waals surface area (Å²) in [5, 5.41) is 12.0. The van der Waals surface area contributed by atoms with Crippen LogP contribution in [-0.2, 0) is 5.41 Å². The van der Waals surface area contributed by atoms with Gasteiger partial charge >= 0.3 is 0 Å². The summed E-state index contributed by atoms with van der Waals surface area (Å²) in [4.78, 5) is 4.77. The molecule has 0 spiro atoms. The number of rotatable bonds is 3. The van der Waals surface area contributed by atoms with E-state index in [0.717, 1.165) is 39.9 Å². The zero-order chi connectivity index (χ0) is 18.0. The Hall–Kier alpha value is -2.01. The van der Waals surface area contributed by atoms with Gasteiger partial charge in [0.25, 0.3) is 5.89 Å². The van der Waals surface area contributed by atoms with Crippen LogP contribution < -0.4 is 0 Å². The van der Waals surface area contributed by atoms with Crippen LogP contribution >= 0.6 is 11.3 Å². The van der Waals surface area contributed by atoms with E-state index in [1.807, 2.05) is 5.38 Å². The molecule has 6 rings (SSSR count). The van der Waals surface area contributed by atoms with E-state index in [4.69, 9.17) is 9.40 Å². The summed E-state index contributed by atoms with van der Waals surface area (Å²) in [6, 6.07) is 8.48. The second kappa shape index (κ2) is 5.74. The van der Waals surface area contributed by atoms with Crippen molar-refractivity contribution in [1.29, 1.82) is 0 Å². The van der Waals surface area contributed by atoms with Gasteiger partial charge in [0.2, 0.25) is 5.89 Å². The van der Waals surface area contributed by atoms with Crippen LogP contribution in [0.2, 0.25) is 0 Å². The first-order valence-electron chi connectivity index (χ1n) is 10.1. The summed E-state index contributed by atoms with van der Waals surface area (Å²) in [6.45, 7) is 2.10. The summed E-state index contributed by atoms with van der Waals surface area (Å²) < 4.78 is 6.27. The number of hydrogen-bond donors (Lipinski definition) is 0. The number of fused-ring (bicyclic) bond motifs is 2. The van der Waals surface area contributed by atoms with Crippen LogP contribution in [0.25, 0.3) is 22.2 Å². The molecule has 138 valence electrons. The fourth-order valence-corrected chi connectivity index (χ4v) is 6.77. The highest BCUT2D eigenvalue weighted by Gasteiger charge is 2.57. The zero-order valence-corrected chi connectivity index (χ0v) is 16.3. The van der Waals surface area contributed by atoms with Gasteiger partial charge in [0.15, 0.2) is 0 Å². The lowest BCUT2D eigenvalue weighted by molar-refractivity contribution is 0.129. The van der Waals surface area contributed by atoms with Crippen molar-refractivity contribution >= 4 is 11.3 Å². The molecule has 3 bridgehead atoms. The number of aromatic nitrogens is 3. The van der Waals surface area contributed by atoms with Crippen LogP contribution in [0.4, 0.5) is 0 Å². The van der Waals surface area contributed by atoms with E-state index in [1.165, 1.54) is 44.1 Å². The summed E-state index contributed by atoms with van der Waals surface area (Å²) in [5.74, 6) is 4.04. The van der Waals surface area contributed by atoms with E-state index in [-0.39, 0.29) is 5.41 Å². The molecule has 2 aromatic heterocycles. The summed E-state index contributed by atoms with van der Waals surface area (Å²) in [7, 11) is 0. The van der Waals surface area contributed by atoms with Crippen LogP contribution in [-0.4, -0.2) is 15.2 Å². The second-order valence-electron chi connectivity index (χ2n) is 8.85. The molecule has 4 unspecified atom stereocenters. The van der Waals surface area contributed by atoms with Gasteiger partial charge in [-0.3, -0.25) is 0 Å². The minimum atomic E-state index is 0.152. The van der Waals surface area contributed by atoms with Gasteiger partial charge in [0, 0.05) is 10.9 Å². The molecule has 0 saturated heterocycles. The molecule has 2 heterocycles. The Balaban J connectivity index is 1.32. The molecule has 4 atom stereocenters. The number of hydrogen-bond acceptors (Lipinski definition) is 5. The van der Waals surface area contributed by atoms with E-state index in [9.17, 15) is 0 Å². The Kier molecular flexibility index (Phi) is 3.40. The van der Waals surface area contributed by atoms with Crippen molar-refractivity contribution in [1.82, 2.24) is 15.2 Å². The van der Waals surface area contributed by atoms with E-state index >= 15 is 0 Å². The Morgan fingerprint density at radius 1 is 1.07 bits per heavy atom. The van der Waals surface area contributed by atoms with Crippen molar-refractivity contribution in [2.24, 2.45) is 17.8 Å². The van der Waals surface area contributed by atoms with Crippen molar-refractivity contribution in [2.75, 3.05) is 0 Å². The van der Waals surface area contributed by atoms with E-state index in [2.05, 4.69) is 41.4 Å². The largest absolute Gasteiger partial charge is 0.419 e. The number of benzene rings is 1. The molecule has 0 radical (unpaired) electrons. The molecule has 0 amide bonds. The fourth-order valence-electron chi connectivity index (χ4n) is 5.97. The maximum Gasteiger partial charge on any atom is 0.267 e. The number of nitrogens with zero attached hydrogens (tertiary/aromatic N) is 3. The first-order valence-corrected chi connectivity index (χ1v) is 10.9. The molecule has 4 nitrogen and oxygen atoms in total. The highest BCUT2D eigenvalue weighted by molar-refractivity contribution is 7.13. The molecule has 1 aromatic carbocycles. The normalized spacial score (nSPS) is 31.5. The minimum Gasteiger partial charge on any atom is -0.419 e. The van der Waals surface area contributed by atoms with Crippen LogP contribution in [0, 0.1) is 24.7 Å². The van der Waals surface area contributed by atoms with Crippen molar-refractivity contribution < 1.29 is 4.42 Å². The summed E-state index contributed by atoms with van der Waals surface area (Å²) in [5.41, 5.74) is 3.35. The second-order valence-corrected chi connectivity index (χ2v) is 9.71. The molecule has 27 heavy (non-hydrogen) atoms.